The minimum atomic E-state index is -0.614. The third kappa shape index (κ3) is 2.19. The highest BCUT2D eigenvalue weighted by Gasteiger charge is 2.35. The first-order valence-corrected chi connectivity index (χ1v) is 3.75. The molecule has 1 fully saturated rings. The van der Waals surface area contributed by atoms with Crippen molar-refractivity contribution in [2.75, 3.05) is 6.61 Å². The quantitative estimate of drug-likeness (QED) is 0.575. The van der Waals surface area contributed by atoms with Crippen LogP contribution >= 0.6 is 0 Å². The fourth-order valence-electron chi connectivity index (χ4n) is 1.06. The molecule has 3 nitrogen and oxygen atoms in total. The first kappa shape index (κ1) is 9.04. The molecule has 0 spiro atoms. The molecule has 4 heteroatoms. The lowest BCUT2D eigenvalue weighted by atomic mass is 9.96. The van der Waals surface area contributed by atoms with E-state index in [0.29, 0.717) is 6.61 Å². The second-order valence-corrected chi connectivity index (χ2v) is 3.17. The number of rotatable bonds is 2. The zero-order valence-electron chi connectivity index (χ0n) is 6.91. The largest absolute Gasteiger partial charge is 0.391 e. The van der Waals surface area contributed by atoms with Crippen LogP contribution in [0.15, 0.2) is 0 Å². The Labute approximate surface area is 68.1 Å². The summed E-state index contributed by atoms with van der Waals surface area (Å²) in [6.07, 6.45) is -0.670. The molecular formula is C7H13BO3. The van der Waals surface area contributed by atoms with Crippen molar-refractivity contribution in [3.8, 4) is 0 Å². The van der Waals surface area contributed by atoms with Crippen LogP contribution in [0.5, 0.6) is 0 Å². The van der Waals surface area contributed by atoms with Gasteiger partial charge < -0.3 is 14.6 Å². The molecule has 1 rings (SSSR count). The molecule has 0 aromatic heterocycles. The van der Waals surface area contributed by atoms with Crippen molar-refractivity contribution in [1.82, 2.24) is 0 Å². The van der Waals surface area contributed by atoms with Gasteiger partial charge in [-0.05, 0) is 13.8 Å². The molecule has 1 aliphatic rings. The fourth-order valence-corrected chi connectivity index (χ4v) is 1.06. The molecule has 0 aromatic carbocycles. The van der Waals surface area contributed by atoms with Crippen LogP contribution in [0.4, 0.5) is 0 Å². The van der Waals surface area contributed by atoms with Gasteiger partial charge in [0.15, 0.2) is 5.79 Å². The zero-order chi connectivity index (χ0) is 8.48. The number of hydrogen-bond donors (Lipinski definition) is 1. The van der Waals surface area contributed by atoms with Crippen LogP contribution in [-0.4, -0.2) is 37.6 Å². The van der Waals surface area contributed by atoms with E-state index in [1.807, 2.05) is 13.8 Å². The molecule has 11 heavy (non-hydrogen) atoms. The van der Waals surface area contributed by atoms with E-state index in [-0.39, 0.29) is 12.4 Å². The van der Waals surface area contributed by atoms with Gasteiger partial charge in [-0.2, -0.15) is 0 Å². The Hall–Kier alpha value is -0.0551. The molecule has 0 saturated carbocycles. The summed E-state index contributed by atoms with van der Waals surface area (Å²) in [6.45, 7) is 4.05. The van der Waals surface area contributed by atoms with Crippen LogP contribution in [-0.2, 0) is 9.47 Å². The van der Waals surface area contributed by atoms with Crippen molar-refractivity contribution in [1.29, 1.82) is 0 Å². The van der Waals surface area contributed by atoms with Gasteiger partial charge in [-0.3, -0.25) is 0 Å². The fraction of sp³-hybridized carbons (Fsp3) is 1.00. The molecule has 0 aliphatic carbocycles. The van der Waals surface area contributed by atoms with Crippen LogP contribution in [0.2, 0.25) is 6.32 Å². The Balaban J connectivity index is 2.41. The van der Waals surface area contributed by atoms with Gasteiger partial charge in [0.05, 0.1) is 20.6 Å². The maximum atomic E-state index is 9.26. The van der Waals surface area contributed by atoms with E-state index in [9.17, 15) is 5.11 Å². The molecule has 2 atom stereocenters. The number of hydrogen-bond acceptors (Lipinski definition) is 3. The third-order valence-corrected chi connectivity index (χ3v) is 1.70. The predicted molar refractivity (Wildman–Crippen MR) is 41.5 cm³/mol. The van der Waals surface area contributed by atoms with E-state index in [2.05, 4.69) is 0 Å². The van der Waals surface area contributed by atoms with Crippen molar-refractivity contribution in [3.05, 3.63) is 0 Å². The van der Waals surface area contributed by atoms with Crippen molar-refractivity contribution >= 4 is 7.85 Å². The van der Waals surface area contributed by atoms with Gasteiger partial charge in [0, 0.05) is 0 Å². The van der Waals surface area contributed by atoms with E-state index in [4.69, 9.17) is 17.3 Å². The molecule has 0 amide bonds. The monoisotopic (exact) mass is 156 g/mol. The smallest absolute Gasteiger partial charge is 0.163 e. The van der Waals surface area contributed by atoms with Crippen LogP contribution in [0.25, 0.3) is 0 Å². The number of aliphatic hydroxyl groups excluding tert-OH is 1. The van der Waals surface area contributed by atoms with Crippen LogP contribution in [0.1, 0.15) is 13.8 Å². The van der Waals surface area contributed by atoms with Crippen molar-refractivity contribution in [2.24, 2.45) is 0 Å². The topological polar surface area (TPSA) is 38.7 Å². The summed E-state index contributed by atoms with van der Waals surface area (Å²) in [4.78, 5) is 0. The Kier molecular flexibility index (Phi) is 2.57. The molecule has 0 unspecified atom stereocenters. The Bertz CT molecular complexity index is 138. The van der Waals surface area contributed by atoms with E-state index in [0.717, 1.165) is 0 Å². The molecule has 1 heterocycles. The Morgan fingerprint density at radius 1 is 1.73 bits per heavy atom. The van der Waals surface area contributed by atoms with Crippen molar-refractivity contribution < 1.29 is 14.6 Å². The minimum Gasteiger partial charge on any atom is -0.391 e. The second-order valence-electron chi connectivity index (χ2n) is 3.17. The van der Waals surface area contributed by atoms with Crippen LogP contribution in [0, 0.1) is 0 Å². The third-order valence-electron chi connectivity index (χ3n) is 1.70. The lowest BCUT2D eigenvalue weighted by Crippen LogP contribution is -2.30. The second kappa shape index (κ2) is 3.13. The minimum absolute atomic E-state index is 0.212. The molecule has 1 aliphatic heterocycles. The highest BCUT2D eigenvalue weighted by molar-refractivity contribution is 6.08. The lowest BCUT2D eigenvalue weighted by molar-refractivity contribution is -0.149. The summed E-state index contributed by atoms with van der Waals surface area (Å²) in [6, 6.07) is 0. The molecule has 0 aromatic rings. The number of aliphatic hydroxyl groups is 1. The van der Waals surface area contributed by atoms with E-state index >= 15 is 0 Å². The maximum Gasteiger partial charge on any atom is 0.163 e. The molecule has 62 valence electrons. The average molecular weight is 156 g/mol. The zero-order valence-corrected chi connectivity index (χ0v) is 6.91. The Morgan fingerprint density at radius 2 is 2.36 bits per heavy atom. The summed E-state index contributed by atoms with van der Waals surface area (Å²) in [7, 11) is 5.25. The maximum absolute atomic E-state index is 9.26. The molecular weight excluding hydrogens is 143 g/mol. The van der Waals surface area contributed by atoms with Gasteiger partial charge in [-0.1, -0.05) is 6.32 Å². The van der Waals surface area contributed by atoms with E-state index in [1.54, 1.807) is 0 Å². The Morgan fingerprint density at radius 3 is 2.73 bits per heavy atom. The van der Waals surface area contributed by atoms with Crippen molar-refractivity contribution in [3.63, 3.8) is 0 Å². The predicted octanol–water partition coefficient (Wildman–Crippen LogP) is 0.0856. The molecule has 1 saturated heterocycles. The summed E-state index contributed by atoms with van der Waals surface area (Å²) < 4.78 is 10.6. The lowest BCUT2D eigenvalue weighted by Gasteiger charge is -2.19. The van der Waals surface area contributed by atoms with Gasteiger partial charge in [-0.15, -0.1) is 0 Å². The van der Waals surface area contributed by atoms with Crippen molar-refractivity contribution in [2.45, 2.75) is 38.2 Å². The van der Waals surface area contributed by atoms with E-state index in [1.165, 1.54) is 0 Å². The van der Waals surface area contributed by atoms with Crippen LogP contribution < -0.4 is 0 Å². The standard InChI is InChI=1S/C7H13BO3/c1-7(2)10-4-6(11-7)5(9)3-8/h5-6,9H,3-4H2,1-2H3/t5-,6-/m0/s1. The summed E-state index contributed by atoms with van der Waals surface area (Å²) in [5, 5.41) is 9.26. The summed E-state index contributed by atoms with van der Waals surface area (Å²) in [5.41, 5.74) is 0. The SMILES string of the molecule is [B]C[C@H](O)[C@@H]1COC(C)(C)O1. The normalized spacial score (nSPS) is 32.1. The van der Waals surface area contributed by atoms with Crippen LogP contribution in [0.3, 0.4) is 0 Å². The van der Waals surface area contributed by atoms with Gasteiger partial charge in [-0.25, -0.2) is 0 Å². The highest BCUT2D eigenvalue weighted by Crippen LogP contribution is 2.24. The van der Waals surface area contributed by atoms with Gasteiger partial charge in [0.2, 0.25) is 0 Å². The first-order valence-electron chi connectivity index (χ1n) is 3.75. The first-order chi connectivity index (χ1) is 5.05. The molecule has 0 bridgehead atoms. The van der Waals surface area contributed by atoms with E-state index < -0.39 is 11.9 Å². The number of ether oxygens (including phenoxy) is 2. The average Bonchev–Trinajstić information content (AvgIpc) is 2.29. The molecule has 1 N–H and O–H groups in total. The van der Waals surface area contributed by atoms with Gasteiger partial charge >= 0.3 is 0 Å². The summed E-state index contributed by atoms with van der Waals surface area (Å²) >= 11 is 0. The summed E-state index contributed by atoms with van der Waals surface area (Å²) in [5.74, 6) is -0.569. The highest BCUT2D eigenvalue weighted by atomic mass is 16.7. The molecule has 2 radical (unpaired) electrons. The van der Waals surface area contributed by atoms with Gasteiger partial charge in [0.25, 0.3) is 0 Å². The van der Waals surface area contributed by atoms with Gasteiger partial charge in [0.1, 0.15) is 6.10 Å².